The van der Waals surface area contributed by atoms with Crippen molar-refractivity contribution in [2.75, 3.05) is 13.1 Å². The normalized spacial score (nSPS) is 23.4. The molecule has 1 aromatic carbocycles. The van der Waals surface area contributed by atoms with Crippen LogP contribution in [-0.4, -0.2) is 23.9 Å². The average Bonchev–Trinajstić information content (AvgIpc) is 2.90. The van der Waals surface area contributed by atoms with E-state index in [2.05, 4.69) is 36.1 Å². The highest BCUT2D eigenvalue weighted by atomic mass is 16.2. The van der Waals surface area contributed by atoms with Crippen LogP contribution in [0.5, 0.6) is 0 Å². The van der Waals surface area contributed by atoms with Gasteiger partial charge in [-0.05, 0) is 42.7 Å². The lowest BCUT2D eigenvalue weighted by atomic mass is 9.94. The summed E-state index contributed by atoms with van der Waals surface area (Å²) < 4.78 is 0. The number of fused-ring (bicyclic) bond motifs is 1. The number of benzene rings is 1. The number of rotatable bonds is 2. The predicted molar refractivity (Wildman–Crippen MR) is 76.9 cm³/mol. The van der Waals surface area contributed by atoms with Gasteiger partial charge in [0.15, 0.2) is 0 Å². The minimum Gasteiger partial charge on any atom is -0.342 e. The fourth-order valence-corrected chi connectivity index (χ4v) is 3.59. The maximum absolute atomic E-state index is 12.7. The van der Waals surface area contributed by atoms with Crippen LogP contribution in [0.3, 0.4) is 0 Å². The summed E-state index contributed by atoms with van der Waals surface area (Å²) >= 11 is 0. The second kappa shape index (κ2) is 5.36. The first-order valence-electron chi connectivity index (χ1n) is 7.63. The molecule has 0 aromatic heterocycles. The topological polar surface area (TPSA) is 20.3 Å². The van der Waals surface area contributed by atoms with E-state index in [9.17, 15) is 4.79 Å². The van der Waals surface area contributed by atoms with Gasteiger partial charge in [-0.2, -0.15) is 0 Å². The Morgan fingerprint density at radius 2 is 1.95 bits per heavy atom. The summed E-state index contributed by atoms with van der Waals surface area (Å²) in [7, 11) is 0. The summed E-state index contributed by atoms with van der Waals surface area (Å²) in [5.41, 5.74) is 2.76. The molecule has 3 rings (SSSR count). The van der Waals surface area contributed by atoms with Gasteiger partial charge in [-0.15, -0.1) is 0 Å². The molecule has 1 aliphatic heterocycles. The van der Waals surface area contributed by atoms with E-state index in [4.69, 9.17) is 0 Å². The summed E-state index contributed by atoms with van der Waals surface area (Å²) in [6, 6.07) is 8.51. The lowest BCUT2D eigenvalue weighted by molar-refractivity contribution is -0.137. The summed E-state index contributed by atoms with van der Waals surface area (Å²) in [6.45, 7) is 4.20. The quantitative estimate of drug-likeness (QED) is 0.797. The highest BCUT2D eigenvalue weighted by Crippen LogP contribution is 2.29. The first kappa shape index (κ1) is 12.7. The van der Waals surface area contributed by atoms with Gasteiger partial charge in [0.1, 0.15) is 0 Å². The van der Waals surface area contributed by atoms with Crippen molar-refractivity contribution in [3.8, 4) is 0 Å². The van der Waals surface area contributed by atoms with E-state index in [1.54, 1.807) is 0 Å². The van der Waals surface area contributed by atoms with Gasteiger partial charge in [-0.3, -0.25) is 4.79 Å². The maximum atomic E-state index is 12.7. The van der Waals surface area contributed by atoms with E-state index >= 15 is 0 Å². The van der Waals surface area contributed by atoms with Crippen molar-refractivity contribution in [3.05, 3.63) is 35.4 Å². The summed E-state index contributed by atoms with van der Waals surface area (Å²) in [5.74, 6) is 1.32. The van der Waals surface area contributed by atoms with Crippen molar-refractivity contribution in [3.63, 3.8) is 0 Å². The van der Waals surface area contributed by atoms with Gasteiger partial charge in [0.05, 0.1) is 0 Å². The van der Waals surface area contributed by atoms with Crippen molar-refractivity contribution in [2.45, 2.75) is 39.0 Å². The standard InChI is InChI=1S/C17H23NO/c1-2-13-6-5-9-18(12-13)17(19)16-10-14-7-3-4-8-15(14)11-16/h3-4,7-8,13,16H,2,5-6,9-12H2,1H3. The third kappa shape index (κ3) is 2.54. The van der Waals surface area contributed by atoms with E-state index in [-0.39, 0.29) is 5.92 Å². The van der Waals surface area contributed by atoms with Gasteiger partial charge in [0.25, 0.3) is 0 Å². The molecule has 1 aliphatic carbocycles. The summed E-state index contributed by atoms with van der Waals surface area (Å²) in [4.78, 5) is 14.8. The first-order chi connectivity index (χ1) is 9.28. The Kier molecular flexibility index (Phi) is 3.58. The van der Waals surface area contributed by atoms with Crippen LogP contribution < -0.4 is 0 Å². The zero-order chi connectivity index (χ0) is 13.2. The molecule has 1 fully saturated rings. The molecule has 2 nitrogen and oxygen atoms in total. The van der Waals surface area contributed by atoms with Crippen LogP contribution in [0.25, 0.3) is 0 Å². The van der Waals surface area contributed by atoms with Crippen molar-refractivity contribution >= 4 is 5.91 Å². The van der Waals surface area contributed by atoms with E-state index < -0.39 is 0 Å². The Labute approximate surface area is 115 Å². The number of piperidine rings is 1. The monoisotopic (exact) mass is 257 g/mol. The van der Waals surface area contributed by atoms with Gasteiger partial charge in [0.2, 0.25) is 5.91 Å². The minimum absolute atomic E-state index is 0.202. The molecule has 0 saturated carbocycles. The Morgan fingerprint density at radius 1 is 1.26 bits per heavy atom. The maximum Gasteiger partial charge on any atom is 0.226 e. The Hall–Kier alpha value is -1.31. The number of hydrogen-bond donors (Lipinski definition) is 0. The van der Waals surface area contributed by atoms with Crippen LogP contribution in [-0.2, 0) is 17.6 Å². The predicted octanol–water partition coefficient (Wildman–Crippen LogP) is 3.05. The molecule has 1 unspecified atom stereocenters. The number of amides is 1. The molecule has 2 aliphatic rings. The molecule has 0 N–H and O–H groups in total. The van der Waals surface area contributed by atoms with E-state index in [0.29, 0.717) is 5.91 Å². The smallest absolute Gasteiger partial charge is 0.226 e. The lowest BCUT2D eigenvalue weighted by Crippen LogP contribution is -2.43. The number of nitrogens with zero attached hydrogens (tertiary/aromatic N) is 1. The zero-order valence-electron chi connectivity index (χ0n) is 11.8. The number of hydrogen-bond acceptors (Lipinski definition) is 1. The molecular weight excluding hydrogens is 234 g/mol. The molecule has 102 valence electrons. The van der Waals surface area contributed by atoms with Gasteiger partial charge in [0, 0.05) is 19.0 Å². The van der Waals surface area contributed by atoms with Crippen molar-refractivity contribution < 1.29 is 4.79 Å². The Bertz CT molecular complexity index is 443. The molecule has 0 bridgehead atoms. The van der Waals surface area contributed by atoms with E-state index in [1.165, 1.54) is 30.4 Å². The molecule has 1 atom stereocenters. The molecule has 0 spiro atoms. The molecule has 2 heteroatoms. The second-order valence-electron chi connectivity index (χ2n) is 6.07. The highest BCUT2D eigenvalue weighted by Gasteiger charge is 2.32. The van der Waals surface area contributed by atoms with E-state index in [0.717, 1.165) is 31.8 Å². The Balaban J connectivity index is 1.66. The lowest BCUT2D eigenvalue weighted by Gasteiger charge is -2.34. The average molecular weight is 257 g/mol. The third-order valence-corrected chi connectivity index (χ3v) is 4.81. The fraction of sp³-hybridized carbons (Fsp3) is 0.588. The second-order valence-corrected chi connectivity index (χ2v) is 6.07. The van der Waals surface area contributed by atoms with Gasteiger partial charge >= 0.3 is 0 Å². The number of carbonyl (C=O) groups is 1. The van der Waals surface area contributed by atoms with Gasteiger partial charge < -0.3 is 4.90 Å². The molecule has 0 radical (unpaired) electrons. The SMILES string of the molecule is CCC1CCCN(C(=O)C2Cc3ccccc3C2)C1. The molecule has 19 heavy (non-hydrogen) atoms. The van der Waals surface area contributed by atoms with Crippen LogP contribution in [0.15, 0.2) is 24.3 Å². The third-order valence-electron chi connectivity index (χ3n) is 4.81. The van der Waals surface area contributed by atoms with Crippen molar-refractivity contribution in [1.29, 1.82) is 0 Å². The highest BCUT2D eigenvalue weighted by molar-refractivity contribution is 5.80. The van der Waals surface area contributed by atoms with Crippen LogP contribution in [0.4, 0.5) is 0 Å². The molecular formula is C17H23NO. The van der Waals surface area contributed by atoms with E-state index in [1.807, 2.05) is 0 Å². The summed E-state index contributed by atoms with van der Waals surface area (Å²) in [5, 5.41) is 0. The zero-order valence-corrected chi connectivity index (χ0v) is 11.8. The molecule has 1 aromatic rings. The number of likely N-dealkylation sites (tertiary alicyclic amines) is 1. The molecule has 1 heterocycles. The van der Waals surface area contributed by atoms with Crippen molar-refractivity contribution in [1.82, 2.24) is 4.90 Å². The number of carbonyl (C=O) groups excluding carboxylic acids is 1. The van der Waals surface area contributed by atoms with Crippen LogP contribution in [0.2, 0.25) is 0 Å². The fourth-order valence-electron chi connectivity index (χ4n) is 3.59. The van der Waals surface area contributed by atoms with Crippen LogP contribution >= 0.6 is 0 Å². The van der Waals surface area contributed by atoms with Crippen LogP contribution in [0, 0.1) is 11.8 Å². The van der Waals surface area contributed by atoms with Crippen molar-refractivity contribution in [2.24, 2.45) is 11.8 Å². The van der Waals surface area contributed by atoms with Gasteiger partial charge in [-0.25, -0.2) is 0 Å². The largest absolute Gasteiger partial charge is 0.342 e. The Morgan fingerprint density at radius 3 is 2.58 bits per heavy atom. The van der Waals surface area contributed by atoms with Gasteiger partial charge in [-0.1, -0.05) is 37.6 Å². The minimum atomic E-state index is 0.202. The molecule has 1 amide bonds. The summed E-state index contributed by atoms with van der Waals surface area (Å²) in [6.07, 6.45) is 5.58. The van der Waals surface area contributed by atoms with Crippen LogP contribution in [0.1, 0.15) is 37.3 Å². The molecule has 1 saturated heterocycles. The first-order valence-corrected chi connectivity index (χ1v) is 7.63.